The first-order chi connectivity index (χ1) is 48.6. The van der Waals surface area contributed by atoms with E-state index in [9.17, 15) is 39.1 Å². The molecule has 101 heavy (non-hydrogen) atoms. The minimum atomic E-state index is -5.31. The van der Waals surface area contributed by atoms with Crippen LogP contribution in [0.15, 0.2) is 177 Å². The molecule has 1 unspecified atom stereocenters. The van der Waals surface area contributed by atoms with Crippen molar-refractivity contribution in [2.45, 2.75) is 133 Å². The maximum Gasteiger partial charge on any atom is 0.475 e. The van der Waals surface area contributed by atoms with Crippen molar-refractivity contribution in [2.24, 2.45) is 0 Å². The van der Waals surface area contributed by atoms with Gasteiger partial charge in [-0.15, -0.1) is 0 Å². The molecule has 9 atom stereocenters. The number of rotatable bonds is 28. The second-order valence-electron chi connectivity index (χ2n) is 25.2. The number of hydrogen-bond donors (Lipinski definition) is 3. The van der Waals surface area contributed by atoms with Crippen LogP contribution in [0.5, 0.6) is 0 Å². The summed E-state index contributed by atoms with van der Waals surface area (Å²) in [5.41, 5.74) is -0.866. The number of fused-ring (bicyclic) bond motifs is 2. The highest BCUT2D eigenvalue weighted by atomic mass is 31.2. The van der Waals surface area contributed by atoms with Gasteiger partial charge in [0.25, 0.3) is 17.7 Å². The number of imidazole rings is 2. The van der Waals surface area contributed by atoms with Crippen LogP contribution < -0.4 is 10.2 Å². The van der Waals surface area contributed by atoms with E-state index in [1.165, 1.54) is 76.6 Å². The fourth-order valence-electron chi connectivity index (χ4n) is 12.2. The number of amides is 3. The van der Waals surface area contributed by atoms with Gasteiger partial charge in [0.1, 0.15) is 37.1 Å². The number of hydrogen-bond acceptors (Lipinski definition) is 24. The van der Waals surface area contributed by atoms with E-state index in [1.54, 1.807) is 103 Å². The lowest BCUT2D eigenvalue weighted by Gasteiger charge is -2.47. The zero-order valence-electron chi connectivity index (χ0n) is 56.4. The SMILES string of the molecule is CC(C)[Si](O)(O[Si](O[C@H]1[C@@H](OP(=O)(OCCC#N)OC[C@H]2O[C@@H](n3cnc4c(N(C(=O)c5ccccc5)C(=O)c5ccccc5)ncnc43)[C@H](OC(=O)c3ccccc3)[C@@H]2OC(=O)c2ccccc2)[C@H](n2cnc3c(NC(=O)c4ccccc4)ncnc32)O[C@@H]1CO)(C(C)C)C(C)C)C(C)C. The van der Waals surface area contributed by atoms with Crippen LogP contribution in [-0.2, 0) is 45.6 Å². The van der Waals surface area contributed by atoms with Gasteiger partial charge >= 0.3 is 36.9 Å². The second kappa shape index (κ2) is 31.6. The number of ether oxygens (including phenoxy) is 4. The minimum absolute atomic E-state index is 0.00415. The maximum absolute atomic E-state index is 16.3. The third kappa shape index (κ3) is 15.4. The Labute approximate surface area is 583 Å². The maximum atomic E-state index is 16.3. The first-order valence-corrected chi connectivity index (χ1v) is 38.2. The number of phosphoric acid groups is 1. The quantitative estimate of drug-likeness (QED) is 0.0135. The molecule has 526 valence electrons. The third-order valence-corrected chi connectivity index (χ3v) is 28.7. The Hall–Kier alpha value is -9.46. The molecular formula is C70H76N11O17PSi2. The van der Waals surface area contributed by atoms with E-state index in [2.05, 4.69) is 35.2 Å². The predicted molar refractivity (Wildman–Crippen MR) is 370 cm³/mol. The number of aliphatic hydroxyl groups excluding tert-OH is 1. The van der Waals surface area contributed by atoms with Crippen molar-refractivity contribution in [2.75, 3.05) is 30.0 Å². The Morgan fingerprint density at radius 2 is 1.05 bits per heavy atom. The number of aromatic nitrogens is 8. The lowest BCUT2D eigenvalue weighted by atomic mass is 10.1. The van der Waals surface area contributed by atoms with Crippen LogP contribution in [0, 0.1) is 11.3 Å². The number of anilines is 2. The lowest BCUT2D eigenvalue weighted by Crippen LogP contribution is -2.62. The molecule has 0 aliphatic carbocycles. The molecule has 3 amide bonds. The molecule has 11 rings (SSSR count). The molecule has 0 bridgehead atoms. The van der Waals surface area contributed by atoms with Crippen LogP contribution in [0.1, 0.15) is 126 Å². The molecule has 2 saturated heterocycles. The molecule has 2 aliphatic heterocycles. The second-order valence-corrected chi connectivity index (χ2v) is 35.4. The summed E-state index contributed by atoms with van der Waals surface area (Å²) in [6.45, 7) is 12.9. The first-order valence-electron chi connectivity index (χ1n) is 32.8. The van der Waals surface area contributed by atoms with E-state index < -0.39 is 135 Å². The number of benzene rings is 5. The van der Waals surface area contributed by atoms with Gasteiger partial charge in [-0.3, -0.25) is 37.1 Å². The normalized spacial score (nSPS) is 19.9. The van der Waals surface area contributed by atoms with E-state index in [-0.39, 0.29) is 73.7 Å². The van der Waals surface area contributed by atoms with Gasteiger partial charge in [0.2, 0.25) is 0 Å². The van der Waals surface area contributed by atoms with Crippen molar-refractivity contribution < 1.29 is 79.5 Å². The van der Waals surface area contributed by atoms with Crippen LogP contribution >= 0.6 is 7.82 Å². The molecule has 0 spiro atoms. The van der Waals surface area contributed by atoms with Crippen LogP contribution in [-0.4, -0.2) is 152 Å². The van der Waals surface area contributed by atoms with Gasteiger partial charge in [-0.05, 0) is 82.8 Å². The summed E-state index contributed by atoms with van der Waals surface area (Å²) in [5.74, 6) is -4.12. The summed E-state index contributed by atoms with van der Waals surface area (Å²) in [4.78, 5) is 113. The van der Waals surface area contributed by atoms with Crippen LogP contribution in [0.4, 0.5) is 11.6 Å². The molecule has 5 aromatic carbocycles. The molecular weight excluding hydrogens is 1350 g/mol. The van der Waals surface area contributed by atoms with Gasteiger partial charge in [0, 0.05) is 16.7 Å². The number of nitriles is 1. The Bertz CT molecular complexity index is 4420. The van der Waals surface area contributed by atoms with Gasteiger partial charge in [0.15, 0.2) is 58.6 Å². The summed E-state index contributed by atoms with van der Waals surface area (Å²) in [7, 11) is -12.9. The largest absolute Gasteiger partial charge is 0.475 e. The average Bonchev–Trinajstić information content (AvgIpc) is 1.60. The fourth-order valence-corrected chi connectivity index (χ4v) is 23.5. The molecule has 2 aliphatic rings. The van der Waals surface area contributed by atoms with Crippen LogP contribution in [0.25, 0.3) is 22.3 Å². The van der Waals surface area contributed by atoms with E-state index in [0.29, 0.717) is 5.56 Å². The summed E-state index contributed by atoms with van der Waals surface area (Å²) < 4.78 is 79.4. The molecule has 3 N–H and O–H groups in total. The van der Waals surface area contributed by atoms with Gasteiger partial charge < -0.3 is 42.7 Å². The first kappa shape index (κ1) is 72.8. The summed E-state index contributed by atoms with van der Waals surface area (Å²) in [6, 6.07) is 42.2. The van der Waals surface area contributed by atoms with Gasteiger partial charge in [-0.1, -0.05) is 146 Å². The molecule has 6 heterocycles. The van der Waals surface area contributed by atoms with Crippen LogP contribution in [0.3, 0.4) is 0 Å². The molecule has 28 nitrogen and oxygen atoms in total. The lowest BCUT2D eigenvalue weighted by molar-refractivity contribution is -0.0663. The Kier molecular flexibility index (Phi) is 22.8. The molecule has 0 saturated carbocycles. The summed E-state index contributed by atoms with van der Waals surface area (Å²) in [6.07, 6.45) is -8.22. The van der Waals surface area contributed by atoms with E-state index in [0.717, 1.165) is 11.2 Å². The average molecular weight is 1430 g/mol. The number of carbonyl (C=O) groups excluding carboxylic acids is 5. The monoisotopic (exact) mass is 1430 g/mol. The zero-order chi connectivity index (χ0) is 71.8. The highest BCUT2D eigenvalue weighted by molar-refractivity contribution is 7.48. The van der Waals surface area contributed by atoms with Crippen molar-refractivity contribution in [3.63, 3.8) is 0 Å². The van der Waals surface area contributed by atoms with Crippen molar-refractivity contribution in [1.82, 2.24) is 39.0 Å². The minimum Gasteiger partial charge on any atom is -0.452 e. The van der Waals surface area contributed by atoms with Gasteiger partial charge in [-0.25, -0.2) is 49.0 Å². The van der Waals surface area contributed by atoms with Gasteiger partial charge in [-0.2, -0.15) is 5.26 Å². The predicted octanol–water partition coefficient (Wildman–Crippen LogP) is 11.0. The van der Waals surface area contributed by atoms with Crippen molar-refractivity contribution in [1.29, 1.82) is 5.26 Å². The number of aliphatic hydroxyl groups is 1. The molecule has 4 aromatic heterocycles. The Morgan fingerprint density at radius 1 is 0.584 bits per heavy atom. The van der Waals surface area contributed by atoms with Crippen LogP contribution in [0.2, 0.25) is 22.2 Å². The number of nitrogens with one attached hydrogen (secondary N) is 1. The van der Waals surface area contributed by atoms with E-state index in [4.69, 9.17) is 41.1 Å². The van der Waals surface area contributed by atoms with Crippen molar-refractivity contribution in [3.8, 4) is 6.07 Å². The third-order valence-electron chi connectivity index (χ3n) is 17.4. The summed E-state index contributed by atoms with van der Waals surface area (Å²) in [5, 5.41) is 24.3. The Morgan fingerprint density at radius 3 is 1.55 bits per heavy atom. The summed E-state index contributed by atoms with van der Waals surface area (Å²) >= 11 is 0. The highest BCUT2D eigenvalue weighted by Crippen LogP contribution is 2.56. The number of esters is 2. The molecule has 9 aromatic rings. The van der Waals surface area contributed by atoms with Crippen molar-refractivity contribution >= 4 is 88.6 Å². The smallest absolute Gasteiger partial charge is 0.452 e. The van der Waals surface area contributed by atoms with E-state index >= 15 is 4.57 Å². The van der Waals surface area contributed by atoms with Crippen molar-refractivity contribution in [3.05, 3.63) is 205 Å². The number of imide groups is 1. The standard InChI is InChI=1S/C70H76N11O17PSi2/c1-43(2)100(89,44(3)4)98-101(45(5)6,46(7)8)97-57-52(37-82)92-68(79-41-76-54-60(72-39-73-61(54)79)78-64(83)47-25-14-9-15-26-47)59(57)96-99(88,90-36-24-35-71)91-38-53-56(94-69(86)50-31-20-12-21-32-50)58(95-70(87)51-33-22-13-23-34-51)67(93-53)80-42-77-55-62(80)74-40-75-63(55)81(65(84)48-27-16-10-17-28-48)66(85)49-29-18-11-19-30-49/h9-23,25-34,39-46,52-53,56-59,67-68,82,89H,24,36-38H2,1-8H3,(H,72,73,78,83)/t52-,53-,56-,57-,58-,59-,67-,68-,99?/m1/s1. The van der Waals surface area contributed by atoms with Gasteiger partial charge in [0.05, 0.1) is 56.1 Å². The molecule has 31 heteroatoms. The zero-order valence-corrected chi connectivity index (χ0v) is 59.3. The number of carbonyl (C=O) groups is 5. The number of phosphoric ester groups is 1. The van der Waals surface area contributed by atoms with E-state index in [1.807, 2.05) is 61.5 Å². The topological polar surface area (TPSA) is 352 Å². The highest BCUT2D eigenvalue weighted by Gasteiger charge is 2.61. The molecule has 2 fully saturated rings. The fraction of sp³-hybridized carbons (Fsp3) is 0.343. The number of nitrogens with zero attached hydrogens (tertiary/aromatic N) is 10. The Balaban J connectivity index is 1.03. The molecule has 0 radical (unpaired) electrons.